The van der Waals surface area contributed by atoms with E-state index in [4.69, 9.17) is 22.1 Å². The van der Waals surface area contributed by atoms with Crippen LogP contribution in [0.2, 0.25) is 5.02 Å². The first kappa shape index (κ1) is 21.7. The quantitative estimate of drug-likeness (QED) is 0.390. The van der Waals surface area contributed by atoms with Crippen molar-refractivity contribution in [1.82, 2.24) is 15.2 Å². The van der Waals surface area contributed by atoms with Crippen LogP contribution in [0.25, 0.3) is 10.9 Å². The average Bonchev–Trinajstić information content (AvgIpc) is 3.22. The molecule has 4 N–H and O–H groups in total. The molecule has 3 aromatic rings. The molecule has 2 aromatic carbocycles. The Morgan fingerprint density at radius 1 is 1.20 bits per heavy atom. The molecule has 0 aliphatic carbocycles. The summed E-state index contributed by atoms with van der Waals surface area (Å²) >= 11 is 6.32. The fourth-order valence-electron chi connectivity index (χ4n) is 3.10. The van der Waals surface area contributed by atoms with E-state index in [9.17, 15) is 4.79 Å². The highest BCUT2D eigenvalue weighted by molar-refractivity contribution is 6.36. The molecule has 0 spiro atoms. The second kappa shape index (κ2) is 9.65. The van der Waals surface area contributed by atoms with Crippen molar-refractivity contribution in [3.63, 3.8) is 0 Å². The number of benzene rings is 2. The van der Waals surface area contributed by atoms with Gasteiger partial charge in [0.2, 0.25) is 0 Å². The average molecular weight is 428 g/mol. The van der Waals surface area contributed by atoms with Gasteiger partial charge >= 0.3 is 0 Å². The molecule has 1 aromatic heterocycles. The van der Waals surface area contributed by atoms with E-state index in [1.54, 1.807) is 18.2 Å². The highest BCUT2D eigenvalue weighted by atomic mass is 35.5. The number of halogens is 1. The zero-order chi connectivity index (χ0) is 21.7. The van der Waals surface area contributed by atoms with Gasteiger partial charge in [0.05, 0.1) is 10.5 Å². The molecule has 0 radical (unpaired) electrons. The van der Waals surface area contributed by atoms with Crippen LogP contribution in [0, 0.1) is 0 Å². The largest absolute Gasteiger partial charge is 0.455 e. The van der Waals surface area contributed by atoms with Gasteiger partial charge in [0.25, 0.3) is 5.91 Å². The van der Waals surface area contributed by atoms with E-state index < -0.39 is 5.91 Å². The van der Waals surface area contributed by atoms with Crippen LogP contribution in [-0.2, 0) is 6.54 Å². The Labute approximate surface area is 180 Å². The van der Waals surface area contributed by atoms with Crippen LogP contribution in [0.1, 0.15) is 29.9 Å². The third kappa shape index (κ3) is 4.93. The predicted molar refractivity (Wildman–Crippen MR) is 121 cm³/mol. The van der Waals surface area contributed by atoms with Crippen molar-refractivity contribution in [2.45, 2.75) is 20.4 Å². The molecule has 158 valence electrons. The van der Waals surface area contributed by atoms with E-state index in [2.05, 4.69) is 46.2 Å². The van der Waals surface area contributed by atoms with E-state index >= 15 is 0 Å². The number of hydrogen-bond donors (Lipinski definition) is 3. The van der Waals surface area contributed by atoms with Crippen molar-refractivity contribution in [2.75, 3.05) is 20.1 Å². The molecule has 0 aliphatic rings. The monoisotopic (exact) mass is 427 g/mol. The molecule has 1 heterocycles. The molecule has 0 saturated heterocycles. The molecule has 0 bridgehead atoms. The van der Waals surface area contributed by atoms with Crippen molar-refractivity contribution < 1.29 is 9.53 Å². The maximum Gasteiger partial charge on any atom is 0.274 e. The molecule has 0 unspecified atom stereocenters. The van der Waals surface area contributed by atoms with Gasteiger partial charge in [-0.2, -0.15) is 0 Å². The topological polar surface area (TPSA) is 95.7 Å². The number of nitrogens with two attached hydrogens (primary N) is 1. The molecule has 0 saturated carbocycles. The van der Waals surface area contributed by atoms with Crippen molar-refractivity contribution in [3.05, 3.63) is 58.7 Å². The molecule has 0 fully saturated rings. The smallest absolute Gasteiger partial charge is 0.274 e. The lowest BCUT2D eigenvalue weighted by Crippen LogP contribution is -2.36. The van der Waals surface area contributed by atoms with Crippen molar-refractivity contribution in [1.29, 1.82) is 0 Å². The lowest BCUT2D eigenvalue weighted by molar-refractivity contribution is 0.0972. The number of hydrogen-bond acceptors (Lipinski definition) is 4. The predicted octanol–water partition coefficient (Wildman–Crippen LogP) is 4.13. The molecule has 1 amide bonds. The fraction of sp³-hybridized carbons (Fsp3) is 0.273. The van der Waals surface area contributed by atoms with Gasteiger partial charge in [-0.05, 0) is 49.0 Å². The van der Waals surface area contributed by atoms with Crippen LogP contribution in [0.4, 0.5) is 0 Å². The summed E-state index contributed by atoms with van der Waals surface area (Å²) in [6.07, 6.45) is 0. The zero-order valence-corrected chi connectivity index (χ0v) is 18.1. The van der Waals surface area contributed by atoms with Crippen LogP contribution < -0.4 is 15.8 Å². The van der Waals surface area contributed by atoms with Gasteiger partial charge in [-0.3, -0.25) is 20.0 Å². The van der Waals surface area contributed by atoms with Crippen molar-refractivity contribution in [3.8, 4) is 11.5 Å². The molecular formula is C22H26ClN5O2. The Morgan fingerprint density at radius 2 is 1.90 bits per heavy atom. The number of fused-ring (bicyclic) bond motifs is 1. The highest BCUT2D eigenvalue weighted by Gasteiger charge is 2.16. The van der Waals surface area contributed by atoms with Crippen molar-refractivity contribution in [2.24, 2.45) is 10.7 Å². The van der Waals surface area contributed by atoms with Crippen LogP contribution in [0.5, 0.6) is 11.5 Å². The second-order valence-corrected chi connectivity index (χ2v) is 7.19. The van der Waals surface area contributed by atoms with E-state index in [1.165, 1.54) is 12.6 Å². The van der Waals surface area contributed by atoms with Gasteiger partial charge in [0.15, 0.2) is 11.7 Å². The summed E-state index contributed by atoms with van der Waals surface area (Å²) in [5, 5.41) is 3.69. The minimum absolute atomic E-state index is 0.0334. The summed E-state index contributed by atoms with van der Waals surface area (Å²) in [6, 6.07) is 13.2. The Hall–Kier alpha value is -3.03. The molecule has 3 rings (SSSR count). The number of H-pyrrole nitrogens is 1. The summed E-state index contributed by atoms with van der Waals surface area (Å²) in [4.78, 5) is 21.5. The first-order valence-corrected chi connectivity index (χ1v) is 10.2. The SMILES string of the molecule is CCN(CC)Cc1ccc(Oc2ccc(Cl)c3cc(C(=O)NC(N)=NC)[nH]c23)cc1. The number of ether oxygens (including phenoxy) is 1. The number of aromatic amines is 1. The molecule has 30 heavy (non-hydrogen) atoms. The minimum atomic E-state index is -0.405. The zero-order valence-electron chi connectivity index (χ0n) is 17.3. The number of nitrogens with one attached hydrogen (secondary N) is 2. The molecule has 0 aliphatic heterocycles. The molecule has 7 nitrogen and oxygen atoms in total. The number of aromatic nitrogens is 1. The first-order valence-electron chi connectivity index (χ1n) is 9.79. The van der Waals surface area contributed by atoms with Gasteiger partial charge in [-0.15, -0.1) is 0 Å². The third-order valence-corrected chi connectivity index (χ3v) is 5.21. The molecular weight excluding hydrogens is 402 g/mol. The lowest BCUT2D eigenvalue weighted by atomic mass is 10.2. The van der Waals surface area contributed by atoms with Crippen molar-refractivity contribution >= 4 is 34.4 Å². The minimum Gasteiger partial charge on any atom is -0.455 e. The van der Waals surface area contributed by atoms with E-state index in [0.29, 0.717) is 33.1 Å². The van der Waals surface area contributed by atoms with Crippen LogP contribution in [0.15, 0.2) is 47.5 Å². The second-order valence-electron chi connectivity index (χ2n) is 6.79. The fourth-order valence-corrected chi connectivity index (χ4v) is 3.31. The number of guanidine groups is 1. The number of carbonyl (C=O) groups excluding carboxylic acids is 1. The molecule has 8 heteroatoms. The van der Waals surface area contributed by atoms with Crippen LogP contribution in [0.3, 0.4) is 0 Å². The highest BCUT2D eigenvalue weighted by Crippen LogP contribution is 2.34. The van der Waals surface area contributed by atoms with E-state index in [0.717, 1.165) is 19.6 Å². The number of aliphatic imine (C=N–C) groups is 1. The number of amides is 1. The normalized spacial score (nSPS) is 11.8. The summed E-state index contributed by atoms with van der Waals surface area (Å²) in [7, 11) is 1.50. The Morgan fingerprint density at radius 3 is 2.53 bits per heavy atom. The first-order chi connectivity index (χ1) is 14.4. The Kier molecular flexibility index (Phi) is 6.97. The maximum atomic E-state index is 12.3. The van der Waals surface area contributed by atoms with E-state index in [-0.39, 0.29) is 5.96 Å². The molecule has 0 atom stereocenters. The van der Waals surface area contributed by atoms with Gasteiger partial charge < -0.3 is 15.5 Å². The summed E-state index contributed by atoms with van der Waals surface area (Å²) < 4.78 is 6.07. The van der Waals surface area contributed by atoms with E-state index in [1.807, 2.05) is 12.1 Å². The van der Waals surface area contributed by atoms with Gasteiger partial charge in [-0.25, -0.2) is 0 Å². The standard InChI is InChI=1S/C22H26ClN5O2/c1-4-28(5-2)13-14-6-8-15(9-7-14)30-19-11-10-17(23)16-12-18(26-20(16)19)21(29)27-22(24)25-3/h6-12,26H,4-5,13H2,1-3H3,(H3,24,25,27,29). The number of carbonyl (C=O) groups is 1. The maximum absolute atomic E-state index is 12.3. The summed E-state index contributed by atoms with van der Waals surface area (Å²) in [6.45, 7) is 7.23. The Bertz CT molecular complexity index is 1060. The number of rotatable bonds is 7. The van der Waals surface area contributed by atoms with Gasteiger partial charge in [-0.1, -0.05) is 37.6 Å². The summed E-state index contributed by atoms with van der Waals surface area (Å²) in [5.74, 6) is 0.898. The van der Waals surface area contributed by atoms with Gasteiger partial charge in [0, 0.05) is 19.0 Å². The van der Waals surface area contributed by atoms with Crippen LogP contribution in [-0.4, -0.2) is 41.9 Å². The number of nitrogens with zero attached hydrogens (tertiary/aromatic N) is 2. The Balaban J connectivity index is 1.84. The third-order valence-electron chi connectivity index (χ3n) is 4.88. The summed E-state index contributed by atoms with van der Waals surface area (Å²) in [5.41, 5.74) is 7.74. The lowest BCUT2D eigenvalue weighted by Gasteiger charge is -2.18. The van der Waals surface area contributed by atoms with Crippen LogP contribution >= 0.6 is 11.6 Å². The van der Waals surface area contributed by atoms with Gasteiger partial charge in [0.1, 0.15) is 11.4 Å².